The van der Waals surface area contributed by atoms with Crippen molar-refractivity contribution in [3.05, 3.63) is 6.42 Å². The summed E-state index contributed by atoms with van der Waals surface area (Å²) in [6.45, 7) is 3.03. The molecule has 0 bridgehead atoms. The highest BCUT2D eigenvalue weighted by molar-refractivity contribution is 4.62. The van der Waals surface area contributed by atoms with E-state index in [2.05, 4.69) is 13.3 Å². The van der Waals surface area contributed by atoms with Crippen molar-refractivity contribution in [1.29, 1.82) is 0 Å². The zero-order valence-electron chi connectivity index (χ0n) is 5.69. The van der Waals surface area contributed by atoms with Gasteiger partial charge in [0, 0.05) is 0 Å². The summed E-state index contributed by atoms with van der Waals surface area (Å²) in [5.41, 5.74) is 5.29. The third kappa shape index (κ3) is 5.96. The third-order valence-electron chi connectivity index (χ3n) is 1.11. The minimum atomic E-state index is 0.834. The van der Waals surface area contributed by atoms with Crippen LogP contribution in [0.4, 0.5) is 0 Å². The summed E-state index contributed by atoms with van der Waals surface area (Å²) >= 11 is 0. The van der Waals surface area contributed by atoms with Crippen LogP contribution in [0.3, 0.4) is 0 Å². The SMILES string of the molecule is CCC[CH]CCCN. The number of nitrogens with two attached hydrogens (primary N) is 1. The van der Waals surface area contributed by atoms with Crippen molar-refractivity contribution in [2.24, 2.45) is 5.73 Å². The standard InChI is InChI=1S/C7H16N/c1-2-3-4-5-6-7-8/h4H,2-3,5-8H2,1H3. The molecule has 0 saturated carbocycles. The van der Waals surface area contributed by atoms with Gasteiger partial charge < -0.3 is 5.73 Å². The van der Waals surface area contributed by atoms with Gasteiger partial charge in [-0.3, -0.25) is 0 Å². The predicted octanol–water partition coefficient (Wildman–Crippen LogP) is 1.73. The maximum atomic E-state index is 5.29. The second kappa shape index (κ2) is 6.96. The monoisotopic (exact) mass is 114 g/mol. The molecule has 1 radical (unpaired) electrons. The summed E-state index contributed by atoms with van der Waals surface area (Å²) in [4.78, 5) is 0. The molecule has 0 aliphatic heterocycles. The van der Waals surface area contributed by atoms with Crippen molar-refractivity contribution in [1.82, 2.24) is 0 Å². The lowest BCUT2D eigenvalue weighted by Gasteiger charge is -1.93. The Morgan fingerprint density at radius 2 is 2.12 bits per heavy atom. The smallest absolute Gasteiger partial charge is 0.00772 e. The van der Waals surface area contributed by atoms with Crippen LogP contribution < -0.4 is 5.73 Å². The van der Waals surface area contributed by atoms with Crippen molar-refractivity contribution in [3.8, 4) is 0 Å². The molecule has 0 spiro atoms. The predicted molar refractivity (Wildman–Crippen MR) is 37.5 cm³/mol. The van der Waals surface area contributed by atoms with E-state index in [1.807, 2.05) is 0 Å². The molecule has 49 valence electrons. The van der Waals surface area contributed by atoms with Crippen LogP contribution in [0.1, 0.15) is 32.6 Å². The molecule has 0 aromatic carbocycles. The van der Waals surface area contributed by atoms with E-state index in [0.717, 1.165) is 13.0 Å². The molecule has 0 aromatic rings. The molecule has 0 amide bonds. The van der Waals surface area contributed by atoms with Gasteiger partial charge in [0.2, 0.25) is 0 Å². The Hall–Kier alpha value is -0.0400. The summed E-state index contributed by atoms with van der Waals surface area (Å²) in [5, 5.41) is 0. The number of unbranched alkanes of at least 4 members (excludes halogenated alkanes) is 4. The van der Waals surface area contributed by atoms with E-state index in [1.165, 1.54) is 19.3 Å². The minimum Gasteiger partial charge on any atom is -0.330 e. The van der Waals surface area contributed by atoms with E-state index in [-0.39, 0.29) is 0 Å². The fraction of sp³-hybridized carbons (Fsp3) is 0.857. The van der Waals surface area contributed by atoms with Crippen molar-refractivity contribution in [2.45, 2.75) is 32.6 Å². The van der Waals surface area contributed by atoms with Crippen LogP contribution >= 0.6 is 0 Å². The topological polar surface area (TPSA) is 26.0 Å². The number of rotatable bonds is 5. The molecule has 2 N–H and O–H groups in total. The molecular formula is C7H16N. The highest BCUT2D eigenvalue weighted by atomic mass is 14.5. The summed E-state index contributed by atoms with van der Waals surface area (Å²) in [7, 11) is 0. The van der Waals surface area contributed by atoms with Crippen molar-refractivity contribution in [2.75, 3.05) is 6.54 Å². The van der Waals surface area contributed by atoms with Gasteiger partial charge in [-0.2, -0.15) is 0 Å². The molecule has 1 heteroatoms. The average Bonchev–Trinajstić information content (AvgIpc) is 1.81. The van der Waals surface area contributed by atoms with Crippen molar-refractivity contribution < 1.29 is 0 Å². The summed E-state index contributed by atoms with van der Waals surface area (Å²) in [6.07, 6.45) is 7.18. The maximum Gasteiger partial charge on any atom is -0.00772 e. The van der Waals surface area contributed by atoms with Gasteiger partial charge in [0.1, 0.15) is 0 Å². The first-order chi connectivity index (χ1) is 3.91. The van der Waals surface area contributed by atoms with Gasteiger partial charge in [0.15, 0.2) is 0 Å². The molecule has 1 nitrogen and oxygen atoms in total. The molecule has 0 heterocycles. The van der Waals surface area contributed by atoms with Gasteiger partial charge in [-0.15, -0.1) is 0 Å². The van der Waals surface area contributed by atoms with E-state index >= 15 is 0 Å². The van der Waals surface area contributed by atoms with Crippen molar-refractivity contribution in [3.63, 3.8) is 0 Å². The van der Waals surface area contributed by atoms with Gasteiger partial charge >= 0.3 is 0 Å². The van der Waals surface area contributed by atoms with E-state index in [1.54, 1.807) is 0 Å². The van der Waals surface area contributed by atoms with Gasteiger partial charge in [0.05, 0.1) is 0 Å². The van der Waals surface area contributed by atoms with Crippen LogP contribution in [-0.4, -0.2) is 6.54 Å². The lowest BCUT2D eigenvalue weighted by Crippen LogP contribution is -1.97. The zero-order chi connectivity index (χ0) is 6.24. The Morgan fingerprint density at radius 1 is 1.38 bits per heavy atom. The largest absolute Gasteiger partial charge is 0.330 e. The Kier molecular flexibility index (Phi) is 6.93. The first kappa shape index (κ1) is 7.96. The molecule has 8 heavy (non-hydrogen) atoms. The highest BCUT2D eigenvalue weighted by Crippen LogP contribution is 1.98. The van der Waals surface area contributed by atoms with E-state index in [9.17, 15) is 0 Å². The second-order valence-electron chi connectivity index (χ2n) is 2.01. The Morgan fingerprint density at radius 3 is 2.62 bits per heavy atom. The Balaban J connectivity index is 2.53. The molecular weight excluding hydrogens is 98.1 g/mol. The van der Waals surface area contributed by atoms with E-state index in [0.29, 0.717) is 0 Å². The molecule has 0 unspecified atom stereocenters. The Bertz CT molecular complexity index is 29.4. The summed E-state index contributed by atoms with van der Waals surface area (Å²) in [6, 6.07) is 0. The van der Waals surface area contributed by atoms with Crippen LogP contribution in [0.5, 0.6) is 0 Å². The van der Waals surface area contributed by atoms with Crippen LogP contribution in [-0.2, 0) is 0 Å². The molecule has 0 aromatic heterocycles. The second-order valence-corrected chi connectivity index (χ2v) is 2.01. The lowest BCUT2D eigenvalue weighted by atomic mass is 10.2. The van der Waals surface area contributed by atoms with E-state index < -0.39 is 0 Å². The van der Waals surface area contributed by atoms with Crippen LogP contribution in [0, 0.1) is 6.42 Å². The van der Waals surface area contributed by atoms with Crippen LogP contribution in [0.25, 0.3) is 0 Å². The average molecular weight is 114 g/mol. The maximum absolute atomic E-state index is 5.29. The first-order valence-corrected chi connectivity index (χ1v) is 3.43. The van der Waals surface area contributed by atoms with E-state index in [4.69, 9.17) is 5.73 Å². The molecule has 0 atom stereocenters. The molecule has 0 aliphatic rings. The van der Waals surface area contributed by atoms with Gasteiger partial charge in [-0.25, -0.2) is 0 Å². The van der Waals surface area contributed by atoms with Crippen LogP contribution in [0.2, 0.25) is 0 Å². The lowest BCUT2D eigenvalue weighted by molar-refractivity contribution is 0.760. The van der Waals surface area contributed by atoms with Crippen LogP contribution in [0.15, 0.2) is 0 Å². The fourth-order valence-corrected chi connectivity index (χ4v) is 0.611. The fourth-order valence-electron chi connectivity index (χ4n) is 0.611. The quantitative estimate of drug-likeness (QED) is 0.541. The van der Waals surface area contributed by atoms with Gasteiger partial charge in [0.25, 0.3) is 0 Å². The number of hydrogen-bond donors (Lipinski definition) is 1. The normalized spacial score (nSPS) is 9.75. The third-order valence-corrected chi connectivity index (χ3v) is 1.11. The Labute approximate surface area is 52.3 Å². The first-order valence-electron chi connectivity index (χ1n) is 3.43. The minimum absolute atomic E-state index is 0.834. The molecule has 0 fully saturated rings. The number of hydrogen-bond acceptors (Lipinski definition) is 1. The molecule has 0 aliphatic carbocycles. The molecule has 0 saturated heterocycles. The molecule has 0 rings (SSSR count). The van der Waals surface area contributed by atoms with Crippen molar-refractivity contribution >= 4 is 0 Å². The summed E-state index contributed by atoms with van der Waals surface area (Å²) < 4.78 is 0. The van der Waals surface area contributed by atoms with Gasteiger partial charge in [-0.05, 0) is 25.8 Å². The zero-order valence-corrected chi connectivity index (χ0v) is 5.69. The highest BCUT2D eigenvalue weighted by Gasteiger charge is 1.83. The summed E-state index contributed by atoms with van der Waals surface area (Å²) in [5.74, 6) is 0. The van der Waals surface area contributed by atoms with Gasteiger partial charge in [-0.1, -0.05) is 19.8 Å².